The summed E-state index contributed by atoms with van der Waals surface area (Å²) in [7, 11) is 0. The Morgan fingerprint density at radius 3 is 2.60 bits per heavy atom. The number of aromatic nitrogens is 4. The number of hydrogen-bond acceptors (Lipinski definition) is 6. The van der Waals surface area contributed by atoms with Crippen molar-refractivity contribution >= 4 is 34.4 Å². The van der Waals surface area contributed by atoms with Crippen LogP contribution in [0.5, 0.6) is 5.75 Å². The van der Waals surface area contributed by atoms with Crippen molar-refractivity contribution in [2.45, 2.75) is 65.3 Å². The fourth-order valence-electron chi connectivity index (χ4n) is 3.17. The molecule has 3 rings (SSSR count). The van der Waals surface area contributed by atoms with Crippen molar-refractivity contribution in [3.8, 4) is 5.75 Å². The standard InChI is InChI=1S/C23H33ClN6O4S/c1-13-8-9-15(21(32)27-23(6,7)12-31)10-16(13)34-35(33)25-11-14(2)19-26-20-17(24)18(22(3,4)5)28-30(20)29-19/h8-10,14,25,28,31H,11-12H2,1-7H3,(H,27,32). The third-order valence-electron chi connectivity index (χ3n) is 5.42. The molecule has 1 amide bonds. The summed E-state index contributed by atoms with van der Waals surface area (Å²) in [5.74, 6) is 0.317. The normalized spacial score (nSPS) is 14.2. The number of aromatic amines is 1. The predicted octanol–water partition coefficient (Wildman–Crippen LogP) is 3.17. The number of rotatable bonds is 9. The van der Waals surface area contributed by atoms with Crippen molar-refractivity contribution in [2.24, 2.45) is 0 Å². The molecule has 2 unspecified atom stereocenters. The van der Waals surface area contributed by atoms with Gasteiger partial charge in [0.05, 0.1) is 17.8 Å². The number of aliphatic hydroxyl groups excluding tert-OH is 1. The predicted molar refractivity (Wildman–Crippen MR) is 136 cm³/mol. The van der Waals surface area contributed by atoms with Crippen LogP contribution >= 0.6 is 11.6 Å². The molecule has 192 valence electrons. The first-order valence-corrected chi connectivity index (χ1v) is 12.7. The van der Waals surface area contributed by atoms with Crippen molar-refractivity contribution in [2.75, 3.05) is 13.2 Å². The fourth-order valence-corrected chi connectivity index (χ4v) is 4.40. The summed E-state index contributed by atoms with van der Waals surface area (Å²) in [6, 6.07) is 4.88. The maximum absolute atomic E-state index is 12.6. The minimum absolute atomic E-state index is 0.174. The lowest BCUT2D eigenvalue weighted by atomic mass is 9.92. The van der Waals surface area contributed by atoms with E-state index in [4.69, 9.17) is 15.8 Å². The minimum atomic E-state index is -1.86. The molecule has 4 N–H and O–H groups in total. The number of hydrogen-bond donors (Lipinski definition) is 4. The molecular weight excluding hydrogens is 492 g/mol. The number of nitrogens with one attached hydrogen (secondary N) is 3. The Bertz CT molecular complexity index is 1250. The van der Waals surface area contributed by atoms with E-state index in [0.717, 1.165) is 11.3 Å². The Kier molecular flexibility index (Phi) is 7.95. The highest BCUT2D eigenvalue weighted by Crippen LogP contribution is 2.31. The molecule has 2 heterocycles. The SMILES string of the molecule is Cc1ccc(C(=O)NC(C)(C)CO)cc1OS(=O)NCC(C)c1nc2c(Cl)c(C(C)(C)C)[nH]n2n1. The number of nitrogens with zero attached hydrogens (tertiary/aromatic N) is 3. The number of carbonyl (C=O) groups is 1. The zero-order valence-electron chi connectivity index (χ0n) is 21.0. The quantitative estimate of drug-likeness (QED) is 0.340. The highest BCUT2D eigenvalue weighted by molar-refractivity contribution is 7.78. The molecule has 3 aromatic rings. The van der Waals surface area contributed by atoms with Crippen LogP contribution in [0.3, 0.4) is 0 Å². The van der Waals surface area contributed by atoms with Gasteiger partial charge in [0.1, 0.15) is 10.8 Å². The van der Waals surface area contributed by atoms with Crippen molar-refractivity contribution in [3.63, 3.8) is 0 Å². The van der Waals surface area contributed by atoms with Gasteiger partial charge in [-0.1, -0.05) is 45.4 Å². The molecule has 0 saturated carbocycles. The first-order valence-electron chi connectivity index (χ1n) is 11.2. The molecule has 0 aliphatic carbocycles. The molecule has 10 nitrogen and oxygen atoms in total. The zero-order chi connectivity index (χ0) is 26.1. The van der Waals surface area contributed by atoms with Gasteiger partial charge in [0, 0.05) is 23.4 Å². The van der Waals surface area contributed by atoms with Crippen LogP contribution in [-0.2, 0) is 16.7 Å². The zero-order valence-corrected chi connectivity index (χ0v) is 22.6. The van der Waals surface area contributed by atoms with Gasteiger partial charge in [-0.05, 0) is 38.5 Å². The monoisotopic (exact) mass is 524 g/mol. The number of aryl methyl sites for hydroxylation is 1. The van der Waals surface area contributed by atoms with E-state index in [0.29, 0.717) is 27.8 Å². The molecule has 0 bridgehead atoms. The topological polar surface area (TPSA) is 134 Å². The molecule has 2 aromatic heterocycles. The number of amides is 1. The molecule has 12 heteroatoms. The Hall–Kier alpha value is -2.47. The van der Waals surface area contributed by atoms with Crippen LogP contribution in [0.1, 0.15) is 74.9 Å². The van der Waals surface area contributed by atoms with E-state index in [1.165, 1.54) is 6.07 Å². The molecule has 0 aliphatic heterocycles. The summed E-state index contributed by atoms with van der Waals surface area (Å²) in [6.07, 6.45) is 0. The first kappa shape index (κ1) is 27.1. The molecule has 0 aliphatic rings. The maximum Gasteiger partial charge on any atom is 0.288 e. The average Bonchev–Trinajstić information content (AvgIpc) is 3.32. The van der Waals surface area contributed by atoms with Gasteiger partial charge >= 0.3 is 0 Å². The lowest BCUT2D eigenvalue weighted by Crippen LogP contribution is -2.46. The fraction of sp³-hybridized carbons (Fsp3) is 0.522. The van der Waals surface area contributed by atoms with Crippen molar-refractivity contribution < 1.29 is 18.3 Å². The maximum atomic E-state index is 12.6. The lowest BCUT2D eigenvalue weighted by molar-refractivity contribution is 0.0869. The molecule has 0 radical (unpaired) electrons. The van der Waals surface area contributed by atoms with Gasteiger partial charge in [0.15, 0.2) is 11.5 Å². The second-order valence-corrected chi connectivity index (χ2v) is 11.6. The highest BCUT2D eigenvalue weighted by Gasteiger charge is 2.25. The average molecular weight is 525 g/mol. The summed E-state index contributed by atoms with van der Waals surface area (Å²) in [5, 5.41) is 20.3. The van der Waals surface area contributed by atoms with Crippen LogP contribution in [0, 0.1) is 6.92 Å². The summed E-state index contributed by atoms with van der Waals surface area (Å²) >= 11 is 4.63. The second kappa shape index (κ2) is 10.3. The van der Waals surface area contributed by atoms with Gasteiger partial charge in [0.25, 0.3) is 17.2 Å². The van der Waals surface area contributed by atoms with Crippen molar-refractivity contribution in [3.05, 3.63) is 45.9 Å². The van der Waals surface area contributed by atoms with E-state index < -0.39 is 16.8 Å². The van der Waals surface area contributed by atoms with Crippen LogP contribution in [0.4, 0.5) is 0 Å². The summed E-state index contributed by atoms with van der Waals surface area (Å²) in [4.78, 5) is 17.0. The van der Waals surface area contributed by atoms with Gasteiger partial charge in [-0.25, -0.2) is 9.71 Å². The Morgan fingerprint density at radius 1 is 1.31 bits per heavy atom. The van der Waals surface area contributed by atoms with E-state index in [1.807, 2.05) is 27.7 Å². The third kappa shape index (κ3) is 6.40. The number of H-pyrrole nitrogens is 1. The first-order chi connectivity index (χ1) is 16.2. The van der Waals surface area contributed by atoms with Gasteiger partial charge in [-0.3, -0.25) is 9.89 Å². The summed E-state index contributed by atoms with van der Waals surface area (Å²) in [6.45, 7) is 13.3. The van der Waals surface area contributed by atoms with Crippen LogP contribution in [0.2, 0.25) is 5.02 Å². The molecule has 1 aromatic carbocycles. The number of fused-ring (bicyclic) bond motifs is 1. The minimum Gasteiger partial charge on any atom is -0.394 e. The molecule has 2 atom stereocenters. The molecular formula is C23H33ClN6O4S. The van der Waals surface area contributed by atoms with E-state index in [1.54, 1.807) is 37.5 Å². The van der Waals surface area contributed by atoms with Crippen LogP contribution < -0.4 is 14.2 Å². The van der Waals surface area contributed by atoms with E-state index in [-0.39, 0.29) is 30.4 Å². The Morgan fingerprint density at radius 2 is 2.00 bits per heavy atom. The van der Waals surface area contributed by atoms with Crippen molar-refractivity contribution in [1.82, 2.24) is 29.9 Å². The number of aliphatic hydroxyl groups is 1. The van der Waals surface area contributed by atoms with E-state index in [9.17, 15) is 14.1 Å². The Labute approximate surface area is 212 Å². The van der Waals surface area contributed by atoms with Crippen LogP contribution in [0.15, 0.2) is 18.2 Å². The second-order valence-electron chi connectivity index (χ2n) is 10.3. The summed E-state index contributed by atoms with van der Waals surface area (Å²) < 4.78 is 22.5. The Balaban J connectivity index is 1.63. The molecule has 35 heavy (non-hydrogen) atoms. The van der Waals surface area contributed by atoms with Gasteiger partial charge < -0.3 is 14.6 Å². The van der Waals surface area contributed by atoms with E-state index in [2.05, 4.69) is 25.2 Å². The van der Waals surface area contributed by atoms with Gasteiger partial charge in [-0.15, -0.1) is 5.10 Å². The highest BCUT2D eigenvalue weighted by atomic mass is 35.5. The number of benzene rings is 1. The molecule has 0 saturated heterocycles. The summed E-state index contributed by atoms with van der Waals surface area (Å²) in [5.41, 5.74) is 1.51. The van der Waals surface area contributed by atoms with Crippen LogP contribution in [0.25, 0.3) is 5.65 Å². The van der Waals surface area contributed by atoms with Crippen molar-refractivity contribution in [1.29, 1.82) is 0 Å². The third-order valence-corrected chi connectivity index (χ3v) is 6.51. The lowest BCUT2D eigenvalue weighted by Gasteiger charge is -2.23. The largest absolute Gasteiger partial charge is 0.394 e. The van der Waals surface area contributed by atoms with E-state index >= 15 is 0 Å². The number of carbonyl (C=O) groups excluding carboxylic acids is 1. The molecule has 0 fully saturated rings. The number of halogens is 1. The van der Waals surface area contributed by atoms with Gasteiger partial charge in [-0.2, -0.15) is 8.84 Å². The molecule has 0 spiro atoms. The van der Waals surface area contributed by atoms with Gasteiger partial charge in [0.2, 0.25) is 0 Å². The van der Waals surface area contributed by atoms with Crippen LogP contribution in [-0.4, -0.2) is 53.7 Å². The smallest absolute Gasteiger partial charge is 0.288 e.